The fraction of sp³-hybridized carbons (Fsp3) is 0.111. The van der Waals surface area contributed by atoms with Gasteiger partial charge >= 0.3 is 0 Å². The van der Waals surface area contributed by atoms with Gasteiger partial charge in [-0.2, -0.15) is 0 Å². The van der Waals surface area contributed by atoms with E-state index in [9.17, 15) is 14.9 Å². The number of hydrogen-bond acceptors (Lipinski definition) is 5. The molecule has 8 heteroatoms. The number of hydrogen-bond donors (Lipinski definition) is 1. The first-order valence-corrected chi connectivity index (χ1v) is 7.83. The summed E-state index contributed by atoms with van der Waals surface area (Å²) >= 11 is 0. The first-order chi connectivity index (χ1) is 12.6. The molecule has 0 saturated heterocycles. The van der Waals surface area contributed by atoms with Gasteiger partial charge in [-0.3, -0.25) is 14.9 Å². The first-order valence-electron chi connectivity index (χ1n) is 7.83. The Bertz CT molecular complexity index is 875. The van der Waals surface area contributed by atoms with Gasteiger partial charge in [0.05, 0.1) is 11.3 Å². The molecule has 1 aromatic heterocycles. The number of nitrogens with zero attached hydrogens (tertiary/aromatic N) is 3. The van der Waals surface area contributed by atoms with Crippen LogP contribution in [0.3, 0.4) is 0 Å². The van der Waals surface area contributed by atoms with Crippen molar-refractivity contribution in [3.8, 4) is 11.4 Å². The molecule has 1 heterocycles. The Kier molecular flexibility index (Phi) is 5.23. The first kappa shape index (κ1) is 17.2. The summed E-state index contributed by atoms with van der Waals surface area (Å²) < 4.78 is 7.20. The van der Waals surface area contributed by atoms with Gasteiger partial charge in [0.2, 0.25) is 0 Å². The summed E-state index contributed by atoms with van der Waals surface area (Å²) in [5, 5.41) is 13.3. The predicted octanol–water partition coefficient (Wildman–Crippen LogP) is 2.48. The zero-order valence-electron chi connectivity index (χ0n) is 13.7. The van der Waals surface area contributed by atoms with Crippen LogP contribution in [0.5, 0.6) is 5.75 Å². The molecule has 0 atom stereocenters. The van der Waals surface area contributed by atoms with Crippen molar-refractivity contribution in [2.45, 2.75) is 6.54 Å². The number of nitrogens with one attached hydrogen (secondary N) is 1. The van der Waals surface area contributed by atoms with Crippen LogP contribution >= 0.6 is 0 Å². The van der Waals surface area contributed by atoms with Crippen molar-refractivity contribution < 1.29 is 14.5 Å². The van der Waals surface area contributed by atoms with Crippen LogP contribution in [0.1, 0.15) is 5.56 Å². The lowest BCUT2D eigenvalue weighted by molar-refractivity contribution is -0.384. The van der Waals surface area contributed by atoms with Crippen LogP contribution in [-0.2, 0) is 11.3 Å². The monoisotopic (exact) mass is 352 g/mol. The molecule has 0 spiro atoms. The molecule has 0 aliphatic rings. The summed E-state index contributed by atoms with van der Waals surface area (Å²) in [4.78, 5) is 26.0. The third-order valence-electron chi connectivity index (χ3n) is 3.65. The van der Waals surface area contributed by atoms with E-state index in [1.165, 1.54) is 24.3 Å². The molecule has 2 aromatic carbocycles. The quantitative estimate of drug-likeness (QED) is 0.520. The van der Waals surface area contributed by atoms with Crippen molar-refractivity contribution >= 4 is 11.6 Å². The molecule has 1 amide bonds. The van der Waals surface area contributed by atoms with Gasteiger partial charge in [0, 0.05) is 36.8 Å². The SMILES string of the molecule is O=C(COc1ccc([N+](=O)[O-])cc1)NCc1ccc(-n2ccnc2)cc1. The highest BCUT2D eigenvalue weighted by Crippen LogP contribution is 2.17. The summed E-state index contributed by atoms with van der Waals surface area (Å²) in [6.07, 6.45) is 5.28. The molecule has 0 radical (unpaired) electrons. The molecule has 0 saturated carbocycles. The largest absolute Gasteiger partial charge is 0.484 e. The highest BCUT2D eigenvalue weighted by atomic mass is 16.6. The van der Waals surface area contributed by atoms with Crippen LogP contribution < -0.4 is 10.1 Å². The van der Waals surface area contributed by atoms with Gasteiger partial charge in [0.15, 0.2) is 6.61 Å². The number of nitro benzene ring substituents is 1. The second kappa shape index (κ2) is 7.93. The highest BCUT2D eigenvalue weighted by molar-refractivity contribution is 5.77. The van der Waals surface area contributed by atoms with E-state index in [1.54, 1.807) is 12.5 Å². The Morgan fingerprint density at radius 3 is 2.50 bits per heavy atom. The zero-order chi connectivity index (χ0) is 18.4. The molecule has 26 heavy (non-hydrogen) atoms. The minimum Gasteiger partial charge on any atom is -0.484 e. The normalized spacial score (nSPS) is 10.3. The van der Waals surface area contributed by atoms with Gasteiger partial charge in [-0.1, -0.05) is 12.1 Å². The number of ether oxygens (including phenoxy) is 1. The number of benzene rings is 2. The van der Waals surface area contributed by atoms with Crippen molar-refractivity contribution in [2.75, 3.05) is 6.61 Å². The van der Waals surface area contributed by atoms with Gasteiger partial charge in [-0.15, -0.1) is 0 Å². The van der Waals surface area contributed by atoms with Crippen molar-refractivity contribution in [1.82, 2.24) is 14.9 Å². The maximum atomic E-state index is 11.9. The molecule has 1 N–H and O–H groups in total. The molecule has 0 bridgehead atoms. The second-order valence-electron chi connectivity index (χ2n) is 5.45. The Labute approximate surface area is 149 Å². The number of imidazole rings is 1. The fourth-order valence-corrected chi connectivity index (χ4v) is 2.26. The van der Waals surface area contributed by atoms with E-state index in [-0.39, 0.29) is 18.2 Å². The Morgan fingerprint density at radius 1 is 1.15 bits per heavy atom. The van der Waals surface area contributed by atoms with Crippen LogP contribution in [0.25, 0.3) is 5.69 Å². The van der Waals surface area contributed by atoms with Crippen LogP contribution in [0.15, 0.2) is 67.3 Å². The molecule has 3 rings (SSSR count). The number of amides is 1. The summed E-state index contributed by atoms with van der Waals surface area (Å²) in [6, 6.07) is 13.3. The molecule has 8 nitrogen and oxygen atoms in total. The third kappa shape index (κ3) is 4.44. The Balaban J connectivity index is 1.45. The van der Waals surface area contributed by atoms with Gasteiger partial charge < -0.3 is 14.6 Å². The van der Waals surface area contributed by atoms with E-state index < -0.39 is 4.92 Å². The van der Waals surface area contributed by atoms with Gasteiger partial charge in [-0.25, -0.2) is 4.98 Å². The van der Waals surface area contributed by atoms with Gasteiger partial charge in [0.1, 0.15) is 5.75 Å². The molecular weight excluding hydrogens is 336 g/mol. The zero-order valence-corrected chi connectivity index (χ0v) is 13.7. The Morgan fingerprint density at radius 2 is 1.88 bits per heavy atom. The molecule has 0 unspecified atom stereocenters. The number of nitro groups is 1. The molecule has 3 aromatic rings. The van der Waals surface area contributed by atoms with Crippen LogP contribution in [0.2, 0.25) is 0 Å². The topological polar surface area (TPSA) is 99.3 Å². The number of non-ortho nitro benzene ring substituents is 1. The average molecular weight is 352 g/mol. The van der Waals surface area contributed by atoms with E-state index in [0.29, 0.717) is 12.3 Å². The number of aromatic nitrogens is 2. The maximum absolute atomic E-state index is 11.9. The maximum Gasteiger partial charge on any atom is 0.269 e. The number of rotatable bonds is 7. The van der Waals surface area contributed by atoms with E-state index in [1.807, 2.05) is 35.0 Å². The van der Waals surface area contributed by atoms with Crippen LogP contribution in [-0.4, -0.2) is 27.0 Å². The minimum absolute atomic E-state index is 0.0269. The summed E-state index contributed by atoms with van der Waals surface area (Å²) in [5.41, 5.74) is 1.91. The highest BCUT2D eigenvalue weighted by Gasteiger charge is 2.06. The summed E-state index contributed by atoms with van der Waals surface area (Å²) in [7, 11) is 0. The predicted molar refractivity (Wildman–Crippen MR) is 94.0 cm³/mol. The lowest BCUT2D eigenvalue weighted by Crippen LogP contribution is -2.28. The van der Waals surface area contributed by atoms with Gasteiger partial charge in [0.25, 0.3) is 11.6 Å². The molecule has 0 aliphatic carbocycles. The standard InChI is InChI=1S/C18H16N4O4/c23-18(12-26-17-7-5-16(6-8-17)22(24)25)20-11-14-1-3-15(4-2-14)21-10-9-19-13-21/h1-10,13H,11-12H2,(H,20,23). The van der Waals surface area contributed by atoms with Crippen molar-refractivity contribution in [1.29, 1.82) is 0 Å². The fourth-order valence-electron chi connectivity index (χ4n) is 2.26. The van der Waals surface area contributed by atoms with Crippen molar-refractivity contribution in [3.63, 3.8) is 0 Å². The lowest BCUT2D eigenvalue weighted by Gasteiger charge is -2.08. The molecule has 0 fully saturated rings. The molecular formula is C18H16N4O4. The third-order valence-corrected chi connectivity index (χ3v) is 3.65. The van der Waals surface area contributed by atoms with Crippen LogP contribution in [0, 0.1) is 10.1 Å². The van der Waals surface area contributed by atoms with Gasteiger partial charge in [-0.05, 0) is 29.8 Å². The Hall–Kier alpha value is -3.68. The van der Waals surface area contributed by atoms with E-state index >= 15 is 0 Å². The van der Waals surface area contributed by atoms with E-state index in [4.69, 9.17) is 4.74 Å². The summed E-state index contributed by atoms with van der Waals surface area (Å²) in [5.74, 6) is 0.123. The van der Waals surface area contributed by atoms with Crippen molar-refractivity contribution in [3.05, 3.63) is 82.9 Å². The lowest BCUT2D eigenvalue weighted by atomic mass is 10.2. The smallest absolute Gasteiger partial charge is 0.269 e. The van der Waals surface area contributed by atoms with Crippen LogP contribution in [0.4, 0.5) is 5.69 Å². The average Bonchev–Trinajstić information content (AvgIpc) is 3.20. The molecule has 132 valence electrons. The number of carbonyl (C=O) groups is 1. The van der Waals surface area contributed by atoms with E-state index in [2.05, 4.69) is 10.3 Å². The number of carbonyl (C=O) groups excluding carboxylic acids is 1. The minimum atomic E-state index is -0.491. The van der Waals surface area contributed by atoms with E-state index in [0.717, 1.165) is 11.3 Å². The molecule has 0 aliphatic heterocycles. The van der Waals surface area contributed by atoms with Crippen molar-refractivity contribution in [2.24, 2.45) is 0 Å². The second-order valence-corrected chi connectivity index (χ2v) is 5.45. The summed E-state index contributed by atoms with van der Waals surface area (Å²) in [6.45, 7) is 0.220.